The van der Waals surface area contributed by atoms with Crippen LogP contribution in [0, 0.1) is 0 Å². The van der Waals surface area contributed by atoms with Crippen molar-refractivity contribution in [3.63, 3.8) is 0 Å². The largest absolute Gasteiger partial charge is 0.452 e. The molecule has 0 radical (unpaired) electrons. The molecule has 29 heavy (non-hydrogen) atoms. The van der Waals surface area contributed by atoms with Crippen LogP contribution >= 0.6 is 11.3 Å². The molecule has 1 aliphatic heterocycles. The fourth-order valence-electron chi connectivity index (χ4n) is 4.09. The summed E-state index contributed by atoms with van der Waals surface area (Å²) < 4.78 is 5.47. The summed E-state index contributed by atoms with van der Waals surface area (Å²) in [5.41, 5.74) is 1.90. The Hall–Kier alpha value is -2.73. The van der Waals surface area contributed by atoms with Gasteiger partial charge in [0.1, 0.15) is 0 Å². The number of thiophene rings is 1. The number of ether oxygens (including phenoxy) is 1. The van der Waals surface area contributed by atoms with Crippen LogP contribution in [-0.2, 0) is 9.53 Å². The monoisotopic (exact) mass is 408 g/mol. The number of carbonyl (C=O) groups is 2. The lowest BCUT2D eigenvalue weighted by Gasteiger charge is -2.38. The maximum Gasteiger partial charge on any atom is 0.339 e. The van der Waals surface area contributed by atoms with Crippen LogP contribution in [0.1, 0.15) is 43.5 Å². The highest BCUT2D eigenvalue weighted by molar-refractivity contribution is 7.13. The van der Waals surface area contributed by atoms with E-state index in [9.17, 15) is 9.59 Å². The first-order valence-electron chi connectivity index (χ1n) is 9.96. The normalized spacial score (nSPS) is 19.3. The molecule has 2 aromatic heterocycles. The quantitative estimate of drug-likeness (QED) is 0.576. The minimum Gasteiger partial charge on any atom is -0.452 e. The maximum atomic E-state index is 12.9. The summed E-state index contributed by atoms with van der Waals surface area (Å²) in [5.74, 6) is -0.623. The Balaban J connectivity index is 1.57. The number of esters is 1. The molecule has 0 aliphatic carbocycles. The number of hydrogen-bond donors (Lipinski definition) is 0. The van der Waals surface area contributed by atoms with Crippen molar-refractivity contribution in [3.8, 4) is 10.6 Å². The van der Waals surface area contributed by atoms with E-state index in [1.54, 1.807) is 17.4 Å². The van der Waals surface area contributed by atoms with Crippen molar-refractivity contribution in [1.29, 1.82) is 0 Å². The zero-order valence-corrected chi connectivity index (χ0v) is 17.4. The number of benzene rings is 1. The van der Waals surface area contributed by atoms with Gasteiger partial charge in [0, 0.05) is 17.5 Å². The molecule has 2 atom stereocenters. The molecular weight excluding hydrogens is 384 g/mol. The van der Waals surface area contributed by atoms with E-state index in [2.05, 4.69) is 18.8 Å². The second-order valence-corrected chi connectivity index (χ2v) is 8.50. The van der Waals surface area contributed by atoms with Crippen LogP contribution in [0.5, 0.6) is 0 Å². The molecular formula is C23H24N2O3S. The number of piperidine rings is 1. The Morgan fingerprint density at radius 1 is 1.14 bits per heavy atom. The lowest BCUT2D eigenvalue weighted by molar-refractivity contribution is -0.140. The summed E-state index contributed by atoms with van der Waals surface area (Å²) in [4.78, 5) is 33.1. The molecule has 3 heterocycles. The molecule has 150 valence electrons. The molecule has 4 rings (SSSR count). The van der Waals surface area contributed by atoms with E-state index < -0.39 is 5.97 Å². The van der Waals surface area contributed by atoms with Crippen LogP contribution in [0.2, 0.25) is 0 Å². The molecule has 5 nitrogen and oxygen atoms in total. The number of rotatable bonds is 4. The van der Waals surface area contributed by atoms with Gasteiger partial charge in [0.25, 0.3) is 5.91 Å². The molecule has 3 aromatic rings. The van der Waals surface area contributed by atoms with Gasteiger partial charge >= 0.3 is 5.97 Å². The summed E-state index contributed by atoms with van der Waals surface area (Å²) in [6, 6.07) is 13.5. The minimum absolute atomic E-state index is 0.130. The Kier molecular flexibility index (Phi) is 5.62. The maximum absolute atomic E-state index is 12.9. The van der Waals surface area contributed by atoms with E-state index in [1.807, 2.05) is 46.7 Å². The van der Waals surface area contributed by atoms with Gasteiger partial charge in [0.05, 0.1) is 21.7 Å². The predicted octanol–water partition coefficient (Wildman–Crippen LogP) is 4.91. The van der Waals surface area contributed by atoms with E-state index in [0.29, 0.717) is 5.56 Å². The van der Waals surface area contributed by atoms with Crippen LogP contribution in [0.3, 0.4) is 0 Å². The lowest BCUT2D eigenvalue weighted by atomic mass is 9.97. The SMILES string of the molecule is C[C@@H]1CCC[C@H](C)N1C(=O)COC(=O)c1cc(-c2cccs2)nc2ccccc12. The van der Waals surface area contributed by atoms with Gasteiger partial charge < -0.3 is 9.64 Å². The summed E-state index contributed by atoms with van der Waals surface area (Å²) in [7, 11) is 0. The van der Waals surface area contributed by atoms with Crippen molar-refractivity contribution in [3.05, 3.63) is 53.4 Å². The van der Waals surface area contributed by atoms with Crippen LogP contribution < -0.4 is 0 Å². The van der Waals surface area contributed by atoms with Crippen molar-refractivity contribution < 1.29 is 14.3 Å². The average molecular weight is 409 g/mol. The third kappa shape index (κ3) is 4.03. The molecule has 6 heteroatoms. The van der Waals surface area contributed by atoms with Gasteiger partial charge in [0.2, 0.25) is 0 Å². The highest BCUT2D eigenvalue weighted by Gasteiger charge is 2.29. The van der Waals surface area contributed by atoms with Crippen molar-refractivity contribution in [2.24, 2.45) is 0 Å². The minimum atomic E-state index is -0.493. The molecule has 1 saturated heterocycles. The number of likely N-dealkylation sites (tertiary alicyclic amines) is 1. The number of para-hydroxylation sites is 1. The third-order valence-corrected chi connectivity index (χ3v) is 6.41. The highest BCUT2D eigenvalue weighted by atomic mass is 32.1. The Morgan fingerprint density at radius 3 is 2.62 bits per heavy atom. The smallest absolute Gasteiger partial charge is 0.339 e. The number of hydrogen-bond acceptors (Lipinski definition) is 5. The second kappa shape index (κ2) is 8.33. The van der Waals surface area contributed by atoms with Gasteiger partial charge in [-0.2, -0.15) is 0 Å². The van der Waals surface area contributed by atoms with E-state index in [-0.39, 0.29) is 24.6 Å². The molecule has 1 amide bonds. The van der Waals surface area contributed by atoms with E-state index in [1.165, 1.54) is 0 Å². The Morgan fingerprint density at radius 2 is 1.90 bits per heavy atom. The zero-order valence-electron chi connectivity index (χ0n) is 16.6. The zero-order chi connectivity index (χ0) is 20.4. The molecule has 0 saturated carbocycles. The van der Waals surface area contributed by atoms with Crippen molar-refractivity contribution in [2.75, 3.05) is 6.61 Å². The number of aromatic nitrogens is 1. The van der Waals surface area contributed by atoms with Crippen LogP contribution in [-0.4, -0.2) is 40.5 Å². The fraction of sp³-hybridized carbons (Fsp3) is 0.348. The number of amides is 1. The first kappa shape index (κ1) is 19.6. The molecule has 0 unspecified atom stereocenters. The van der Waals surface area contributed by atoms with E-state index in [0.717, 1.165) is 40.7 Å². The van der Waals surface area contributed by atoms with Gasteiger partial charge in [-0.1, -0.05) is 24.3 Å². The highest BCUT2D eigenvalue weighted by Crippen LogP contribution is 2.28. The van der Waals surface area contributed by atoms with Crippen LogP contribution in [0.4, 0.5) is 0 Å². The number of pyridine rings is 1. The van der Waals surface area contributed by atoms with Gasteiger partial charge in [-0.25, -0.2) is 9.78 Å². The van der Waals surface area contributed by atoms with Gasteiger partial charge in [-0.3, -0.25) is 4.79 Å². The lowest BCUT2D eigenvalue weighted by Crippen LogP contribution is -2.49. The predicted molar refractivity (Wildman–Crippen MR) is 115 cm³/mol. The molecule has 1 aliphatic rings. The molecule has 0 bridgehead atoms. The Bertz CT molecular complexity index is 1020. The molecule has 1 aromatic carbocycles. The van der Waals surface area contributed by atoms with Gasteiger partial charge in [-0.05, 0) is 56.7 Å². The van der Waals surface area contributed by atoms with Crippen LogP contribution in [0.15, 0.2) is 47.8 Å². The molecule has 1 fully saturated rings. The average Bonchev–Trinajstić information content (AvgIpc) is 3.26. The summed E-state index contributed by atoms with van der Waals surface area (Å²) in [6.45, 7) is 3.87. The number of carbonyl (C=O) groups excluding carboxylic acids is 2. The van der Waals surface area contributed by atoms with Gasteiger partial charge in [-0.15, -0.1) is 11.3 Å². The summed E-state index contributed by atoms with van der Waals surface area (Å²) >= 11 is 1.57. The first-order chi connectivity index (χ1) is 14.0. The summed E-state index contributed by atoms with van der Waals surface area (Å²) in [6.07, 6.45) is 3.10. The van der Waals surface area contributed by atoms with E-state index >= 15 is 0 Å². The van der Waals surface area contributed by atoms with Crippen LogP contribution in [0.25, 0.3) is 21.5 Å². The molecule has 0 spiro atoms. The third-order valence-electron chi connectivity index (χ3n) is 5.52. The van der Waals surface area contributed by atoms with Gasteiger partial charge in [0.15, 0.2) is 6.61 Å². The summed E-state index contributed by atoms with van der Waals surface area (Å²) in [5, 5.41) is 2.70. The van der Waals surface area contributed by atoms with Crippen molar-refractivity contribution in [1.82, 2.24) is 9.88 Å². The molecule has 0 N–H and O–H groups in total. The van der Waals surface area contributed by atoms with Crippen molar-refractivity contribution >= 4 is 34.1 Å². The van der Waals surface area contributed by atoms with Crippen molar-refractivity contribution in [2.45, 2.75) is 45.2 Å². The second-order valence-electron chi connectivity index (χ2n) is 7.56. The Labute approximate surface area is 174 Å². The number of nitrogens with zero attached hydrogens (tertiary/aromatic N) is 2. The standard InChI is InChI=1S/C23H24N2O3S/c1-15-7-5-8-16(2)25(15)22(26)14-28-23(27)18-13-20(21-11-6-12-29-21)24-19-10-4-3-9-17(18)19/h3-4,6,9-13,15-16H,5,7-8,14H2,1-2H3/t15-,16+. The first-order valence-corrected chi connectivity index (χ1v) is 10.8. The van der Waals surface area contributed by atoms with E-state index in [4.69, 9.17) is 4.74 Å². The number of fused-ring (bicyclic) bond motifs is 1. The fourth-order valence-corrected chi connectivity index (χ4v) is 4.77. The topological polar surface area (TPSA) is 59.5 Å².